The summed E-state index contributed by atoms with van der Waals surface area (Å²) >= 11 is 0. The summed E-state index contributed by atoms with van der Waals surface area (Å²) < 4.78 is 10.5. The van der Waals surface area contributed by atoms with Gasteiger partial charge in [-0.3, -0.25) is 4.68 Å². The molecule has 0 saturated heterocycles. The lowest BCUT2D eigenvalue weighted by Gasteiger charge is -1.95. The van der Waals surface area contributed by atoms with E-state index < -0.39 is 11.9 Å². The van der Waals surface area contributed by atoms with E-state index in [9.17, 15) is 9.59 Å². The number of esters is 2. The van der Waals surface area contributed by atoms with Gasteiger partial charge in [-0.1, -0.05) is 0 Å². The molecular formula is C10H12N2O4. The van der Waals surface area contributed by atoms with Crippen molar-refractivity contribution in [1.82, 2.24) is 9.78 Å². The topological polar surface area (TPSA) is 70.4 Å². The molecule has 1 aromatic heterocycles. The fraction of sp³-hybridized carbons (Fsp3) is 0.300. The predicted octanol–water partition coefficient (Wildman–Crippen LogP) is 0.393. The first-order chi connectivity index (χ1) is 7.58. The van der Waals surface area contributed by atoms with Crippen LogP contribution in [0.5, 0.6) is 0 Å². The van der Waals surface area contributed by atoms with E-state index in [1.165, 1.54) is 31.1 Å². The Morgan fingerprint density at radius 1 is 1.38 bits per heavy atom. The van der Waals surface area contributed by atoms with Crippen molar-refractivity contribution in [3.8, 4) is 0 Å². The van der Waals surface area contributed by atoms with Gasteiger partial charge in [-0.2, -0.15) is 5.10 Å². The van der Waals surface area contributed by atoms with Gasteiger partial charge < -0.3 is 9.47 Å². The molecule has 86 valence electrons. The second-order valence-corrected chi connectivity index (χ2v) is 2.95. The van der Waals surface area contributed by atoms with E-state index in [1.54, 1.807) is 13.2 Å². The van der Waals surface area contributed by atoms with Crippen LogP contribution in [-0.2, 0) is 21.3 Å². The van der Waals surface area contributed by atoms with E-state index >= 15 is 0 Å². The summed E-state index contributed by atoms with van der Waals surface area (Å²) in [5.74, 6) is -1.05. The van der Waals surface area contributed by atoms with Crippen LogP contribution in [-0.4, -0.2) is 35.9 Å². The van der Waals surface area contributed by atoms with Gasteiger partial charge in [0.15, 0.2) is 5.69 Å². The zero-order valence-electron chi connectivity index (χ0n) is 9.26. The van der Waals surface area contributed by atoms with E-state index in [1.807, 2.05) is 0 Å². The highest BCUT2D eigenvalue weighted by atomic mass is 16.5. The summed E-state index contributed by atoms with van der Waals surface area (Å²) in [5, 5.41) is 3.92. The zero-order chi connectivity index (χ0) is 12.1. The van der Waals surface area contributed by atoms with E-state index in [0.29, 0.717) is 5.56 Å². The summed E-state index contributed by atoms with van der Waals surface area (Å²) in [4.78, 5) is 22.2. The average Bonchev–Trinajstić information content (AvgIpc) is 2.66. The van der Waals surface area contributed by atoms with Crippen LogP contribution in [0.2, 0.25) is 0 Å². The third kappa shape index (κ3) is 2.69. The van der Waals surface area contributed by atoms with E-state index in [4.69, 9.17) is 0 Å². The Kier molecular flexibility index (Phi) is 3.82. The first-order valence-electron chi connectivity index (χ1n) is 4.46. The molecule has 0 radical (unpaired) electrons. The van der Waals surface area contributed by atoms with E-state index in [2.05, 4.69) is 14.6 Å². The minimum Gasteiger partial charge on any atom is -0.466 e. The molecule has 0 fully saturated rings. The van der Waals surface area contributed by atoms with Crippen molar-refractivity contribution in [2.75, 3.05) is 14.2 Å². The van der Waals surface area contributed by atoms with Crippen molar-refractivity contribution in [2.24, 2.45) is 7.05 Å². The van der Waals surface area contributed by atoms with Gasteiger partial charge in [0.1, 0.15) is 0 Å². The molecule has 16 heavy (non-hydrogen) atoms. The Bertz CT molecular complexity index is 434. The lowest BCUT2D eigenvalue weighted by Crippen LogP contribution is -2.04. The highest BCUT2D eigenvalue weighted by molar-refractivity contribution is 5.94. The number of carbonyl (C=O) groups is 2. The number of methoxy groups -OCH3 is 2. The molecule has 6 heteroatoms. The molecule has 0 atom stereocenters. The second kappa shape index (κ2) is 5.11. The van der Waals surface area contributed by atoms with E-state index in [-0.39, 0.29) is 5.69 Å². The minimum absolute atomic E-state index is 0.158. The molecule has 0 aliphatic rings. The summed E-state index contributed by atoms with van der Waals surface area (Å²) in [5.41, 5.74) is 0.657. The number of hydrogen-bond donors (Lipinski definition) is 0. The monoisotopic (exact) mass is 224 g/mol. The number of ether oxygens (including phenoxy) is 2. The van der Waals surface area contributed by atoms with Gasteiger partial charge in [0.25, 0.3) is 0 Å². The molecule has 0 spiro atoms. The Hall–Kier alpha value is -2.11. The fourth-order valence-corrected chi connectivity index (χ4v) is 1.11. The van der Waals surface area contributed by atoms with Crippen LogP contribution in [0, 0.1) is 0 Å². The molecule has 0 aromatic carbocycles. The maximum Gasteiger partial charge on any atom is 0.359 e. The molecule has 0 aliphatic carbocycles. The van der Waals surface area contributed by atoms with Gasteiger partial charge in [0, 0.05) is 24.9 Å². The van der Waals surface area contributed by atoms with Crippen LogP contribution in [0.15, 0.2) is 12.3 Å². The molecule has 1 rings (SSSR count). The summed E-state index contributed by atoms with van der Waals surface area (Å²) in [7, 11) is 4.21. The number of hydrogen-bond acceptors (Lipinski definition) is 5. The third-order valence-electron chi connectivity index (χ3n) is 1.84. The average molecular weight is 224 g/mol. The van der Waals surface area contributed by atoms with Crippen molar-refractivity contribution in [3.63, 3.8) is 0 Å². The maximum absolute atomic E-state index is 11.3. The summed E-state index contributed by atoms with van der Waals surface area (Å²) in [6, 6.07) is 0. The normalized spacial score (nSPS) is 10.4. The van der Waals surface area contributed by atoms with Crippen molar-refractivity contribution in [1.29, 1.82) is 0 Å². The molecule has 0 saturated carbocycles. The highest BCUT2D eigenvalue weighted by Gasteiger charge is 2.14. The fourth-order valence-electron chi connectivity index (χ4n) is 1.11. The first-order valence-corrected chi connectivity index (χ1v) is 4.46. The van der Waals surface area contributed by atoms with Gasteiger partial charge in [-0.25, -0.2) is 9.59 Å². The molecule has 1 aromatic rings. The Morgan fingerprint density at radius 2 is 2.06 bits per heavy atom. The standard InChI is InChI=1S/C10H12N2O4/c1-12-6-7(4-5-8(13)15-2)9(11-12)10(14)16-3/h4-6H,1-3H3. The quantitative estimate of drug-likeness (QED) is 0.548. The first kappa shape index (κ1) is 12.0. The molecule has 0 aliphatic heterocycles. The molecular weight excluding hydrogens is 212 g/mol. The minimum atomic E-state index is -0.551. The molecule has 0 N–H and O–H groups in total. The lowest BCUT2D eigenvalue weighted by molar-refractivity contribution is -0.134. The zero-order valence-corrected chi connectivity index (χ0v) is 9.26. The van der Waals surface area contributed by atoms with Crippen molar-refractivity contribution in [3.05, 3.63) is 23.5 Å². The molecule has 0 unspecified atom stereocenters. The second-order valence-electron chi connectivity index (χ2n) is 2.95. The molecule has 0 bridgehead atoms. The predicted molar refractivity (Wildman–Crippen MR) is 55.6 cm³/mol. The molecule has 0 amide bonds. The van der Waals surface area contributed by atoms with Crippen LogP contribution in [0.25, 0.3) is 6.08 Å². The SMILES string of the molecule is COC(=O)C=Cc1cn(C)nc1C(=O)OC. The smallest absolute Gasteiger partial charge is 0.359 e. The number of carbonyl (C=O) groups excluding carboxylic acids is 2. The summed E-state index contributed by atoms with van der Waals surface area (Å²) in [6.45, 7) is 0. The highest BCUT2D eigenvalue weighted by Crippen LogP contribution is 2.09. The Morgan fingerprint density at radius 3 is 2.62 bits per heavy atom. The van der Waals surface area contributed by atoms with Crippen LogP contribution in [0.1, 0.15) is 16.1 Å². The Labute approximate surface area is 92.5 Å². The van der Waals surface area contributed by atoms with Gasteiger partial charge in [0.05, 0.1) is 14.2 Å². The maximum atomic E-state index is 11.3. The number of rotatable bonds is 3. The van der Waals surface area contributed by atoms with Gasteiger partial charge in [-0.05, 0) is 6.08 Å². The van der Waals surface area contributed by atoms with Crippen LogP contribution in [0.3, 0.4) is 0 Å². The van der Waals surface area contributed by atoms with Gasteiger partial charge >= 0.3 is 11.9 Å². The molecule has 1 heterocycles. The van der Waals surface area contributed by atoms with Crippen LogP contribution < -0.4 is 0 Å². The van der Waals surface area contributed by atoms with Crippen LogP contribution in [0.4, 0.5) is 0 Å². The Balaban J connectivity index is 2.99. The van der Waals surface area contributed by atoms with Crippen LogP contribution >= 0.6 is 0 Å². The van der Waals surface area contributed by atoms with Crippen molar-refractivity contribution >= 4 is 18.0 Å². The summed E-state index contributed by atoms with van der Waals surface area (Å²) in [6.07, 6.45) is 4.26. The molecule has 6 nitrogen and oxygen atoms in total. The number of nitrogens with zero attached hydrogens (tertiary/aromatic N) is 2. The van der Waals surface area contributed by atoms with Crippen molar-refractivity contribution in [2.45, 2.75) is 0 Å². The van der Waals surface area contributed by atoms with E-state index in [0.717, 1.165) is 0 Å². The number of aryl methyl sites for hydroxylation is 1. The van der Waals surface area contributed by atoms with Crippen molar-refractivity contribution < 1.29 is 19.1 Å². The largest absolute Gasteiger partial charge is 0.466 e. The lowest BCUT2D eigenvalue weighted by atomic mass is 10.2. The van der Waals surface area contributed by atoms with Gasteiger partial charge in [-0.15, -0.1) is 0 Å². The van der Waals surface area contributed by atoms with Gasteiger partial charge in [0.2, 0.25) is 0 Å². The third-order valence-corrected chi connectivity index (χ3v) is 1.84. The number of aromatic nitrogens is 2.